The molecule has 0 spiro atoms. The lowest BCUT2D eigenvalue weighted by molar-refractivity contribution is -0.377. The van der Waals surface area contributed by atoms with Crippen LogP contribution < -0.4 is 19.8 Å². The zero-order chi connectivity index (χ0) is 35.0. The molecule has 4 N–H and O–H groups in total. The zero-order valence-corrected chi connectivity index (χ0v) is 30.3. The number of methoxy groups -OCH3 is 2. The van der Waals surface area contributed by atoms with Crippen LogP contribution in [-0.4, -0.2) is 74.5 Å². The number of aliphatic hydroxyl groups excluding tert-OH is 1. The Labute approximate surface area is 305 Å². The summed E-state index contributed by atoms with van der Waals surface area (Å²) in [5, 5.41) is 14.8. The predicted molar refractivity (Wildman–Crippen MR) is 189 cm³/mol. The van der Waals surface area contributed by atoms with Gasteiger partial charge in [0.05, 0.1) is 20.8 Å². The normalized spacial score (nSPS) is 15.3. The molecule has 1 unspecified atom stereocenters. The molecular weight excluding hydrogens is 705 g/mol. The number of aromatic amines is 1. The summed E-state index contributed by atoms with van der Waals surface area (Å²) < 4.78 is 23.0. The van der Waals surface area contributed by atoms with Crippen LogP contribution in [0.1, 0.15) is 50.2 Å². The van der Waals surface area contributed by atoms with E-state index < -0.39 is 30.2 Å². The summed E-state index contributed by atoms with van der Waals surface area (Å²) >= 11 is 14.2. The molecule has 0 radical (unpaired) electrons. The monoisotopic (exact) mass is 745 g/mol. The number of piperidine rings is 1. The lowest BCUT2D eigenvalue weighted by atomic mass is 9.90. The van der Waals surface area contributed by atoms with Crippen molar-refractivity contribution in [3.63, 3.8) is 0 Å². The molecule has 1 aliphatic heterocycles. The SMILES string of the molecule is COc1ccc([C@H](Cc2c(Cl)c[nH+]cc2Cl)OC(=O)c2ccc(CNC(CO)(C(=O)OC3CCN(C)CC3)c3ccccc3)s2)cc1OC.[OH-]. The summed E-state index contributed by atoms with van der Waals surface area (Å²) in [6.07, 6.45) is 3.85. The second kappa shape index (κ2) is 18.0. The molecule has 0 bridgehead atoms. The largest absolute Gasteiger partial charge is 0.870 e. The highest BCUT2D eigenvalue weighted by Gasteiger charge is 2.42. The second-order valence-corrected chi connectivity index (χ2v) is 13.8. The average molecular weight is 747 g/mol. The maximum atomic E-state index is 13.8. The number of H-pyrrole nitrogens is 1. The molecule has 11 nitrogen and oxygen atoms in total. The maximum Gasteiger partial charge on any atom is 0.348 e. The van der Waals surface area contributed by atoms with Crippen LogP contribution in [0.25, 0.3) is 0 Å². The average Bonchev–Trinajstić information content (AvgIpc) is 3.60. The van der Waals surface area contributed by atoms with E-state index in [0.717, 1.165) is 30.8 Å². The van der Waals surface area contributed by atoms with Gasteiger partial charge in [0.25, 0.3) is 0 Å². The first kappa shape index (κ1) is 39.0. The molecule has 0 amide bonds. The molecule has 2 atom stereocenters. The molecule has 14 heteroatoms. The van der Waals surface area contributed by atoms with Crippen LogP contribution in [0, 0.1) is 0 Å². The number of aromatic nitrogens is 1. The summed E-state index contributed by atoms with van der Waals surface area (Å²) in [7, 11) is 5.11. The first-order chi connectivity index (χ1) is 23.7. The van der Waals surface area contributed by atoms with Crippen molar-refractivity contribution in [1.82, 2.24) is 10.2 Å². The smallest absolute Gasteiger partial charge is 0.348 e. The van der Waals surface area contributed by atoms with Gasteiger partial charge in [0, 0.05) is 36.5 Å². The van der Waals surface area contributed by atoms with E-state index in [1.807, 2.05) is 25.2 Å². The van der Waals surface area contributed by atoms with Crippen molar-refractivity contribution < 1.29 is 44.1 Å². The van der Waals surface area contributed by atoms with Crippen molar-refractivity contribution in [2.24, 2.45) is 0 Å². The van der Waals surface area contributed by atoms with Gasteiger partial charge in [-0.05, 0) is 55.3 Å². The first-order valence-corrected chi connectivity index (χ1v) is 17.4. The zero-order valence-electron chi connectivity index (χ0n) is 28.0. The fourth-order valence-electron chi connectivity index (χ4n) is 5.73. The molecule has 4 aromatic rings. The molecule has 268 valence electrons. The number of aliphatic hydroxyl groups is 1. The number of hydrogen-bond donors (Lipinski definition) is 2. The highest BCUT2D eigenvalue weighted by Crippen LogP contribution is 2.36. The summed E-state index contributed by atoms with van der Waals surface area (Å²) in [4.78, 5) is 33.6. The highest BCUT2D eigenvalue weighted by atomic mass is 35.5. The second-order valence-electron chi connectivity index (χ2n) is 11.8. The summed E-state index contributed by atoms with van der Waals surface area (Å²) in [5.74, 6) is -0.0875. The predicted octanol–water partition coefficient (Wildman–Crippen LogP) is 5.47. The van der Waals surface area contributed by atoms with Gasteiger partial charge in [-0.25, -0.2) is 14.6 Å². The quantitative estimate of drug-likeness (QED) is 0.159. The Kier molecular flexibility index (Phi) is 14.0. The van der Waals surface area contributed by atoms with Crippen LogP contribution in [0.4, 0.5) is 0 Å². The minimum atomic E-state index is -1.50. The Balaban J connectivity index is 0.00000562. The first-order valence-electron chi connectivity index (χ1n) is 15.8. The van der Waals surface area contributed by atoms with Gasteiger partial charge in [0.15, 0.2) is 29.4 Å². The summed E-state index contributed by atoms with van der Waals surface area (Å²) in [6, 6.07) is 17.8. The fourth-order valence-corrected chi connectivity index (χ4v) is 7.09. The molecule has 3 heterocycles. The number of rotatable bonds is 14. The van der Waals surface area contributed by atoms with E-state index in [2.05, 4.69) is 15.2 Å². The molecule has 1 saturated heterocycles. The summed E-state index contributed by atoms with van der Waals surface area (Å²) in [6.45, 7) is 1.32. The standard InChI is InChI=1S/C36H39Cl2N3O7S.H2O/c1-41-15-13-25(14-16-41)47-35(44)36(22-42,24-7-5-4-6-8-24)40-19-26-10-12-33(49-26)34(43)48-31(18-27-28(37)20-39-21-29(27)38)23-9-11-30(45-2)32(17-23)46-3;/h4-12,17,20-21,25,31,40,42H,13-16,18-19,22H2,1-3H3;1H2/t31-,36?;/m0./s1. The van der Waals surface area contributed by atoms with Gasteiger partial charge in [0.2, 0.25) is 0 Å². The minimum absolute atomic E-state index is 0. The Morgan fingerprint density at radius 2 is 1.70 bits per heavy atom. The van der Waals surface area contributed by atoms with Gasteiger partial charge in [-0.15, -0.1) is 11.3 Å². The van der Waals surface area contributed by atoms with Crippen molar-refractivity contribution >= 4 is 46.5 Å². The lowest BCUT2D eigenvalue weighted by Gasteiger charge is -2.35. The molecule has 1 fully saturated rings. The van der Waals surface area contributed by atoms with Crippen molar-refractivity contribution in [2.45, 2.75) is 43.6 Å². The number of hydrogen-bond acceptors (Lipinski definition) is 11. The third-order valence-corrected chi connectivity index (χ3v) is 10.4. The number of carbonyl (C=O) groups excluding carboxylic acids is 2. The Morgan fingerprint density at radius 1 is 1.02 bits per heavy atom. The van der Waals surface area contributed by atoms with E-state index in [1.54, 1.807) is 62.0 Å². The van der Waals surface area contributed by atoms with Crippen LogP contribution in [0.15, 0.2) is 73.1 Å². The number of benzene rings is 2. The van der Waals surface area contributed by atoms with E-state index >= 15 is 0 Å². The van der Waals surface area contributed by atoms with Gasteiger partial charge in [-0.2, -0.15) is 0 Å². The molecular formula is C36H41Cl2N3O8S. The van der Waals surface area contributed by atoms with Crippen molar-refractivity contribution in [3.05, 3.63) is 110 Å². The number of nitrogens with zero attached hydrogens (tertiary/aromatic N) is 1. The van der Waals surface area contributed by atoms with Gasteiger partial charge in [-0.1, -0.05) is 59.6 Å². The van der Waals surface area contributed by atoms with Crippen molar-refractivity contribution in [1.29, 1.82) is 0 Å². The van der Waals surface area contributed by atoms with E-state index in [4.69, 9.17) is 42.1 Å². The van der Waals surface area contributed by atoms with Crippen LogP contribution in [0.5, 0.6) is 11.5 Å². The molecule has 50 heavy (non-hydrogen) atoms. The number of esters is 2. The number of carbonyl (C=O) groups is 2. The maximum absolute atomic E-state index is 13.8. The molecule has 0 saturated carbocycles. The number of halogens is 2. The lowest BCUT2D eigenvalue weighted by Crippen LogP contribution is -2.54. The molecule has 0 aliphatic carbocycles. The van der Waals surface area contributed by atoms with Gasteiger partial charge in [0.1, 0.15) is 27.1 Å². The molecule has 5 rings (SSSR count). The third-order valence-electron chi connectivity index (χ3n) is 8.63. The van der Waals surface area contributed by atoms with E-state index in [1.165, 1.54) is 18.4 Å². The number of ether oxygens (including phenoxy) is 4. The van der Waals surface area contributed by atoms with Crippen LogP contribution in [0.3, 0.4) is 0 Å². The Hall–Kier alpha value is -3.75. The van der Waals surface area contributed by atoms with Gasteiger partial charge in [-0.3, -0.25) is 5.32 Å². The minimum Gasteiger partial charge on any atom is -0.870 e. The van der Waals surface area contributed by atoms with E-state index in [-0.39, 0.29) is 24.5 Å². The third kappa shape index (κ3) is 9.12. The van der Waals surface area contributed by atoms with Crippen molar-refractivity contribution in [3.8, 4) is 11.5 Å². The molecule has 2 aromatic carbocycles. The fraction of sp³-hybridized carbons (Fsp3) is 0.361. The van der Waals surface area contributed by atoms with Crippen LogP contribution >= 0.6 is 34.5 Å². The van der Waals surface area contributed by atoms with Gasteiger partial charge >= 0.3 is 11.9 Å². The molecule has 1 aliphatic rings. The van der Waals surface area contributed by atoms with Crippen LogP contribution in [-0.2, 0) is 32.8 Å². The van der Waals surface area contributed by atoms with Gasteiger partial charge < -0.3 is 34.4 Å². The highest BCUT2D eigenvalue weighted by molar-refractivity contribution is 7.13. The summed E-state index contributed by atoms with van der Waals surface area (Å²) in [5.41, 5.74) is 0.349. The van der Waals surface area contributed by atoms with E-state index in [0.29, 0.717) is 43.1 Å². The van der Waals surface area contributed by atoms with Crippen LogP contribution in [0.2, 0.25) is 10.0 Å². The van der Waals surface area contributed by atoms with Crippen molar-refractivity contribution in [2.75, 3.05) is 41.0 Å². The Morgan fingerprint density at radius 3 is 2.34 bits per heavy atom. The number of likely N-dealkylation sites (tertiary alicyclic amines) is 1. The number of nitrogens with one attached hydrogen (secondary N) is 2. The Bertz CT molecular complexity index is 1720. The van der Waals surface area contributed by atoms with E-state index in [9.17, 15) is 14.7 Å². The number of thiophene rings is 1. The topological polar surface area (TPSA) is 151 Å². The number of pyridine rings is 1. The molecule has 2 aromatic heterocycles.